The predicted octanol–water partition coefficient (Wildman–Crippen LogP) is 1.70. The summed E-state index contributed by atoms with van der Waals surface area (Å²) < 4.78 is 22.7. The number of halogens is 1. The smallest absolute Gasteiger partial charge is 0.179 e. The van der Waals surface area contributed by atoms with Gasteiger partial charge in [0.15, 0.2) is 9.84 Å². The van der Waals surface area contributed by atoms with Crippen molar-refractivity contribution in [1.82, 2.24) is 0 Å². The van der Waals surface area contributed by atoms with E-state index < -0.39 is 9.84 Å². The van der Waals surface area contributed by atoms with E-state index in [0.29, 0.717) is 4.90 Å². The van der Waals surface area contributed by atoms with Crippen LogP contribution >= 0.6 is 11.6 Å². The molecule has 0 heterocycles. The Morgan fingerprint density at radius 1 is 1.17 bits per heavy atom. The Hall–Kier alpha value is -0.540. The zero-order chi connectivity index (χ0) is 9.03. The third kappa shape index (κ3) is 2.22. The molecule has 0 aliphatic heterocycles. The summed E-state index contributed by atoms with van der Waals surface area (Å²) in [5, 5.41) is 0. The normalized spacial score (nSPS) is 11.4. The summed E-state index contributed by atoms with van der Waals surface area (Å²) in [7, 11) is -3.14. The number of benzene rings is 1. The van der Waals surface area contributed by atoms with Crippen LogP contribution in [0.1, 0.15) is 0 Å². The van der Waals surface area contributed by atoms with Crippen LogP contribution in [0, 0.1) is 0 Å². The summed E-state index contributed by atoms with van der Waals surface area (Å²) in [5.41, 5.74) is 0. The summed E-state index contributed by atoms with van der Waals surface area (Å²) in [6, 6.07) is 8.31. The Balaban J connectivity index is 2.99. The van der Waals surface area contributed by atoms with Crippen molar-refractivity contribution in [3.8, 4) is 0 Å². The first-order chi connectivity index (χ1) is 5.67. The zero-order valence-corrected chi connectivity index (χ0v) is 7.98. The lowest BCUT2D eigenvalue weighted by atomic mass is 10.4. The molecule has 0 fully saturated rings. The van der Waals surface area contributed by atoms with Crippen molar-refractivity contribution >= 4 is 21.4 Å². The lowest BCUT2D eigenvalue weighted by Gasteiger charge is -1.99. The van der Waals surface area contributed by atoms with Gasteiger partial charge in [0.2, 0.25) is 0 Å². The molecular formula is C8H9ClO2S. The molecule has 1 aromatic rings. The van der Waals surface area contributed by atoms with E-state index in [-0.39, 0.29) is 11.6 Å². The highest BCUT2D eigenvalue weighted by Gasteiger charge is 2.11. The number of hydrogen-bond donors (Lipinski definition) is 0. The molecule has 1 rings (SSSR count). The summed E-state index contributed by atoms with van der Waals surface area (Å²) in [6.45, 7) is 0. The van der Waals surface area contributed by atoms with Gasteiger partial charge in [-0.15, -0.1) is 11.6 Å². The molecule has 0 aliphatic carbocycles. The highest BCUT2D eigenvalue weighted by atomic mass is 35.5. The lowest BCUT2D eigenvalue weighted by Crippen LogP contribution is -2.07. The standard InChI is InChI=1S/C8H9ClO2S/c9-6-7-12(10,11)8-4-2-1-3-5-8/h1-5H,6-7H2/i6+1,7+1. The monoisotopic (exact) mass is 206 g/mol. The fourth-order valence-corrected chi connectivity index (χ4v) is 2.47. The van der Waals surface area contributed by atoms with Gasteiger partial charge >= 0.3 is 0 Å². The summed E-state index contributed by atoms with van der Waals surface area (Å²) in [5.74, 6) is 0.135. The quantitative estimate of drug-likeness (QED) is 0.557. The van der Waals surface area contributed by atoms with Crippen molar-refractivity contribution in [3.05, 3.63) is 30.3 Å². The van der Waals surface area contributed by atoms with E-state index in [2.05, 4.69) is 0 Å². The maximum Gasteiger partial charge on any atom is 0.179 e. The molecule has 0 radical (unpaired) electrons. The molecule has 0 spiro atoms. The molecule has 66 valence electrons. The van der Waals surface area contributed by atoms with Crippen LogP contribution in [-0.2, 0) is 9.84 Å². The largest absolute Gasteiger partial charge is 0.224 e. The van der Waals surface area contributed by atoms with Crippen LogP contribution in [0.25, 0.3) is 0 Å². The molecule has 0 aliphatic rings. The molecule has 2 nitrogen and oxygen atoms in total. The highest BCUT2D eigenvalue weighted by Crippen LogP contribution is 2.09. The Morgan fingerprint density at radius 2 is 1.75 bits per heavy atom. The molecule has 12 heavy (non-hydrogen) atoms. The van der Waals surface area contributed by atoms with Crippen molar-refractivity contribution in [2.45, 2.75) is 4.90 Å². The number of alkyl halides is 1. The highest BCUT2D eigenvalue weighted by molar-refractivity contribution is 7.91. The average Bonchev–Trinajstić information content (AvgIpc) is 2.06. The molecule has 0 atom stereocenters. The zero-order valence-electron chi connectivity index (χ0n) is 6.40. The fraction of sp³-hybridized carbons (Fsp3) is 0.250. The summed E-state index contributed by atoms with van der Waals surface area (Å²) >= 11 is 5.36. The minimum Gasteiger partial charge on any atom is -0.224 e. The second kappa shape index (κ2) is 3.92. The first-order valence-electron chi connectivity index (χ1n) is 3.50. The summed E-state index contributed by atoms with van der Waals surface area (Å²) in [6.07, 6.45) is 0. The molecule has 0 bridgehead atoms. The van der Waals surface area contributed by atoms with E-state index in [9.17, 15) is 8.42 Å². The molecule has 0 N–H and O–H groups in total. The molecule has 0 aromatic heterocycles. The van der Waals surface area contributed by atoms with Gasteiger partial charge in [0.05, 0.1) is 10.6 Å². The number of sulfone groups is 1. The molecule has 0 saturated heterocycles. The Labute approximate surface area is 77.1 Å². The molecular weight excluding hydrogens is 198 g/mol. The number of hydrogen-bond acceptors (Lipinski definition) is 2. The first kappa shape index (κ1) is 9.55. The van der Waals surface area contributed by atoms with Crippen molar-refractivity contribution in [3.63, 3.8) is 0 Å². The predicted molar refractivity (Wildman–Crippen MR) is 49.2 cm³/mol. The Bertz CT molecular complexity index is 331. The van der Waals surface area contributed by atoms with E-state index in [1.165, 1.54) is 0 Å². The topological polar surface area (TPSA) is 34.1 Å². The van der Waals surface area contributed by atoms with E-state index in [0.717, 1.165) is 0 Å². The van der Waals surface area contributed by atoms with Crippen LogP contribution in [0.15, 0.2) is 35.2 Å². The third-order valence-electron chi connectivity index (χ3n) is 1.45. The maximum absolute atomic E-state index is 11.3. The van der Waals surface area contributed by atoms with Crippen LogP contribution in [-0.4, -0.2) is 20.1 Å². The van der Waals surface area contributed by atoms with Gasteiger partial charge in [0.25, 0.3) is 0 Å². The van der Waals surface area contributed by atoms with E-state index in [4.69, 9.17) is 11.6 Å². The minimum absolute atomic E-state index is 0.00142. The van der Waals surface area contributed by atoms with E-state index in [1.54, 1.807) is 30.3 Å². The van der Waals surface area contributed by atoms with Crippen LogP contribution in [0.4, 0.5) is 0 Å². The van der Waals surface area contributed by atoms with E-state index >= 15 is 0 Å². The van der Waals surface area contributed by atoms with Gasteiger partial charge in [-0.2, -0.15) is 0 Å². The molecule has 0 unspecified atom stereocenters. The molecule has 4 heteroatoms. The van der Waals surface area contributed by atoms with Gasteiger partial charge in [0, 0.05) is 5.88 Å². The van der Waals surface area contributed by atoms with Crippen LogP contribution in [0.5, 0.6) is 0 Å². The second-order valence-corrected chi connectivity index (χ2v) is 4.81. The van der Waals surface area contributed by atoms with Gasteiger partial charge in [0.1, 0.15) is 0 Å². The molecule has 0 amide bonds. The van der Waals surface area contributed by atoms with Crippen LogP contribution in [0.3, 0.4) is 0 Å². The maximum atomic E-state index is 11.3. The average molecular weight is 207 g/mol. The second-order valence-electron chi connectivity index (χ2n) is 2.32. The van der Waals surface area contributed by atoms with Gasteiger partial charge in [-0.3, -0.25) is 0 Å². The lowest BCUT2D eigenvalue weighted by molar-refractivity contribution is 0.597. The SMILES string of the molecule is O=S(=O)([13CH2][13CH2]Cl)c1ccccc1. The van der Waals surface area contributed by atoms with Crippen molar-refractivity contribution in [1.29, 1.82) is 0 Å². The minimum atomic E-state index is -3.14. The fourth-order valence-electron chi connectivity index (χ4n) is 0.847. The summed E-state index contributed by atoms with van der Waals surface area (Å²) in [4.78, 5) is 0.339. The van der Waals surface area contributed by atoms with E-state index in [1.807, 2.05) is 0 Å². The van der Waals surface area contributed by atoms with Crippen LogP contribution in [0.2, 0.25) is 0 Å². The molecule has 1 aromatic carbocycles. The van der Waals surface area contributed by atoms with Gasteiger partial charge < -0.3 is 0 Å². The van der Waals surface area contributed by atoms with Gasteiger partial charge in [-0.05, 0) is 12.1 Å². The van der Waals surface area contributed by atoms with Crippen LogP contribution < -0.4 is 0 Å². The van der Waals surface area contributed by atoms with Crippen molar-refractivity contribution < 1.29 is 8.42 Å². The third-order valence-corrected chi connectivity index (χ3v) is 3.59. The Morgan fingerprint density at radius 3 is 2.25 bits per heavy atom. The number of rotatable bonds is 3. The van der Waals surface area contributed by atoms with Crippen molar-refractivity contribution in [2.75, 3.05) is 11.6 Å². The first-order valence-corrected chi connectivity index (χ1v) is 5.69. The molecule has 0 saturated carbocycles. The Kier molecular flexibility index (Phi) is 3.12. The van der Waals surface area contributed by atoms with Gasteiger partial charge in [-0.1, -0.05) is 18.2 Å². The van der Waals surface area contributed by atoms with Gasteiger partial charge in [-0.25, -0.2) is 8.42 Å². The van der Waals surface area contributed by atoms with Crippen molar-refractivity contribution in [2.24, 2.45) is 0 Å².